The maximum atomic E-state index is 12.9. The highest BCUT2D eigenvalue weighted by molar-refractivity contribution is 5.98. The Bertz CT molecular complexity index is 954. The average molecular weight is 364 g/mol. The summed E-state index contributed by atoms with van der Waals surface area (Å²) in [6, 6.07) is 19.4. The molecule has 0 bridgehead atoms. The van der Waals surface area contributed by atoms with E-state index in [2.05, 4.69) is 5.32 Å². The molecule has 0 aromatic heterocycles. The zero-order valence-corrected chi connectivity index (χ0v) is 15.1. The van der Waals surface area contributed by atoms with E-state index in [9.17, 15) is 14.0 Å². The topological polar surface area (TPSA) is 49.4 Å². The van der Waals surface area contributed by atoms with Crippen LogP contribution >= 0.6 is 0 Å². The quantitative estimate of drug-likeness (QED) is 0.724. The maximum Gasteiger partial charge on any atom is 0.251 e. The van der Waals surface area contributed by atoms with E-state index in [1.54, 1.807) is 30.1 Å². The van der Waals surface area contributed by atoms with Crippen LogP contribution in [0.15, 0.2) is 66.7 Å². The summed E-state index contributed by atoms with van der Waals surface area (Å²) in [5.74, 6) is -0.586. The van der Waals surface area contributed by atoms with Crippen LogP contribution in [0.4, 0.5) is 4.39 Å². The lowest BCUT2D eigenvalue weighted by Crippen LogP contribution is -2.31. The molecule has 0 saturated carbocycles. The Kier molecular flexibility index (Phi) is 5.81. The number of halogens is 1. The predicted molar refractivity (Wildman–Crippen MR) is 104 cm³/mol. The lowest BCUT2D eigenvalue weighted by Gasteiger charge is -2.17. The van der Waals surface area contributed by atoms with Crippen molar-refractivity contribution in [2.75, 3.05) is 13.6 Å². The fourth-order valence-electron chi connectivity index (χ4n) is 2.86. The van der Waals surface area contributed by atoms with Gasteiger partial charge in [0.05, 0.1) is 0 Å². The van der Waals surface area contributed by atoms with Crippen LogP contribution in [0.5, 0.6) is 0 Å². The fourth-order valence-corrected chi connectivity index (χ4v) is 2.86. The van der Waals surface area contributed by atoms with Crippen molar-refractivity contribution in [2.24, 2.45) is 0 Å². The van der Waals surface area contributed by atoms with Gasteiger partial charge in [-0.3, -0.25) is 9.59 Å². The monoisotopic (exact) mass is 364 g/mol. The molecule has 0 aliphatic carbocycles. The molecule has 0 atom stereocenters. The first-order chi connectivity index (χ1) is 13.0. The van der Waals surface area contributed by atoms with Crippen LogP contribution in [0.1, 0.15) is 22.3 Å². The van der Waals surface area contributed by atoms with Gasteiger partial charge in [-0.15, -0.1) is 0 Å². The molecule has 2 amide bonds. The summed E-state index contributed by atoms with van der Waals surface area (Å²) in [5, 5.41) is 4.86. The summed E-state index contributed by atoms with van der Waals surface area (Å²) in [5.41, 5.74) is 1.42. The molecule has 27 heavy (non-hydrogen) atoms. The van der Waals surface area contributed by atoms with Crippen molar-refractivity contribution in [1.82, 2.24) is 10.2 Å². The van der Waals surface area contributed by atoms with Crippen LogP contribution in [0.25, 0.3) is 10.8 Å². The Hall–Kier alpha value is -3.21. The van der Waals surface area contributed by atoms with E-state index < -0.39 is 0 Å². The zero-order valence-electron chi connectivity index (χ0n) is 15.1. The third kappa shape index (κ3) is 4.91. The highest BCUT2D eigenvalue weighted by Crippen LogP contribution is 2.15. The molecule has 3 rings (SSSR count). The second-order valence-corrected chi connectivity index (χ2v) is 6.44. The molecule has 0 aliphatic rings. The van der Waals surface area contributed by atoms with Gasteiger partial charge >= 0.3 is 0 Å². The zero-order chi connectivity index (χ0) is 19.2. The van der Waals surface area contributed by atoms with E-state index >= 15 is 0 Å². The van der Waals surface area contributed by atoms with Gasteiger partial charge in [0.1, 0.15) is 5.82 Å². The maximum absolute atomic E-state index is 12.9. The Morgan fingerprint density at radius 2 is 1.67 bits per heavy atom. The number of hydrogen-bond acceptors (Lipinski definition) is 2. The minimum absolute atomic E-state index is 0.0851. The first kappa shape index (κ1) is 18.6. The van der Waals surface area contributed by atoms with E-state index in [0.717, 1.165) is 16.3 Å². The van der Waals surface area contributed by atoms with Crippen molar-refractivity contribution in [2.45, 2.75) is 13.0 Å². The highest BCUT2D eigenvalue weighted by atomic mass is 19.1. The number of carbonyl (C=O) groups excluding carboxylic acids is 2. The first-order valence-corrected chi connectivity index (χ1v) is 8.78. The number of amides is 2. The second kappa shape index (κ2) is 8.45. The number of carbonyl (C=O) groups is 2. The second-order valence-electron chi connectivity index (χ2n) is 6.44. The van der Waals surface area contributed by atoms with Gasteiger partial charge in [-0.05, 0) is 40.6 Å². The molecule has 3 aromatic rings. The van der Waals surface area contributed by atoms with Crippen LogP contribution < -0.4 is 5.32 Å². The Morgan fingerprint density at radius 1 is 0.963 bits per heavy atom. The van der Waals surface area contributed by atoms with E-state index in [1.165, 1.54) is 12.1 Å². The van der Waals surface area contributed by atoms with Gasteiger partial charge < -0.3 is 10.2 Å². The van der Waals surface area contributed by atoms with E-state index in [1.807, 2.05) is 36.4 Å². The molecule has 0 unspecified atom stereocenters. The van der Waals surface area contributed by atoms with Crippen LogP contribution in [0.2, 0.25) is 0 Å². The number of fused-ring (bicyclic) bond motifs is 1. The van der Waals surface area contributed by atoms with Crippen LogP contribution in [-0.4, -0.2) is 30.3 Å². The van der Waals surface area contributed by atoms with Gasteiger partial charge in [-0.2, -0.15) is 0 Å². The van der Waals surface area contributed by atoms with E-state index in [0.29, 0.717) is 12.1 Å². The van der Waals surface area contributed by atoms with Gasteiger partial charge in [0.25, 0.3) is 5.91 Å². The molecule has 1 N–H and O–H groups in total. The fraction of sp³-hybridized carbons (Fsp3) is 0.182. The van der Waals surface area contributed by atoms with Crippen molar-refractivity contribution in [1.29, 1.82) is 0 Å². The predicted octanol–water partition coefficient (Wildman–Crippen LogP) is 3.76. The molecular weight excluding hydrogens is 343 g/mol. The largest absolute Gasteiger partial charge is 0.352 e. The molecular formula is C22H21FN2O2. The molecule has 0 saturated heterocycles. The summed E-state index contributed by atoms with van der Waals surface area (Å²) in [6.45, 7) is 0.663. The summed E-state index contributed by atoms with van der Waals surface area (Å²) in [4.78, 5) is 26.1. The number of hydrogen-bond donors (Lipinski definition) is 1. The Labute approximate surface area is 157 Å². The summed E-state index contributed by atoms with van der Waals surface area (Å²) in [7, 11) is 1.69. The van der Waals surface area contributed by atoms with E-state index in [-0.39, 0.29) is 30.6 Å². The minimum Gasteiger partial charge on any atom is -0.352 e. The third-order valence-electron chi connectivity index (χ3n) is 4.39. The van der Waals surface area contributed by atoms with Gasteiger partial charge in [-0.25, -0.2) is 4.39 Å². The smallest absolute Gasteiger partial charge is 0.251 e. The number of benzene rings is 3. The molecule has 0 fully saturated rings. The molecule has 0 aliphatic heterocycles. The van der Waals surface area contributed by atoms with Crippen molar-refractivity contribution in [3.8, 4) is 0 Å². The number of nitrogens with zero attached hydrogens (tertiary/aromatic N) is 1. The SMILES string of the molecule is CN(Cc1ccc(F)cc1)C(=O)CCNC(=O)c1ccc2ccccc2c1. The summed E-state index contributed by atoms with van der Waals surface area (Å²) >= 11 is 0. The standard InChI is InChI=1S/C22H21FN2O2/c1-25(15-16-6-10-20(23)11-7-16)21(26)12-13-24-22(27)19-9-8-17-4-2-3-5-18(17)14-19/h2-11,14H,12-13,15H2,1H3,(H,24,27). The minimum atomic E-state index is -0.302. The van der Waals surface area contributed by atoms with Crippen LogP contribution in [0.3, 0.4) is 0 Å². The van der Waals surface area contributed by atoms with Crippen molar-refractivity contribution < 1.29 is 14.0 Å². The Morgan fingerprint density at radius 3 is 2.41 bits per heavy atom. The van der Waals surface area contributed by atoms with Gasteiger partial charge in [0.2, 0.25) is 5.91 Å². The molecule has 0 radical (unpaired) electrons. The van der Waals surface area contributed by atoms with Gasteiger partial charge in [0.15, 0.2) is 0 Å². The van der Waals surface area contributed by atoms with Crippen molar-refractivity contribution >= 4 is 22.6 Å². The summed E-state index contributed by atoms with van der Waals surface area (Å²) in [6.07, 6.45) is 0.205. The molecule has 4 nitrogen and oxygen atoms in total. The van der Waals surface area contributed by atoms with Crippen molar-refractivity contribution in [3.63, 3.8) is 0 Å². The lowest BCUT2D eigenvalue weighted by molar-refractivity contribution is -0.130. The first-order valence-electron chi connectivity index (χ1n) is 8.78. The van der Waals surface area contributed by atoms with Crippen molar-refractivity contribution in [3.05, 3.63) is 83.7 Å². The van der Waals surface area contributed by atoms with E-state index in [4.69, 9.17) is 0 Å². The van der Waals surface area contributed by atoms with Crippen LogP contribution in [0, 0.1) is 5.82 Å². The normalized spacial score (nSPS) is 10.6. The molecule has 3 aromatic carbocycles. The number of nitrogens with one attached hydrogen (secondary N) is 1. The molecule has 0 spiro atoms. The molecule has 138 valence electrons. The molecule has 5 heteroatoms. The lowest BCUT2D eigenvalue weighted by atomic mass is 10.1. The van der Waals surface area contributed by atoms with Gasteiger partial charge in [0, 0.05) is 32.1 Å². The third-order valence-corrected chi connectivity index (χ3v) is 4.39. The Balaban J connectivity index is 1.49. The highest BCUT2D eigenvalue weighted by Gasteiger charge is 2.11. The summed E-state index contributed by atoms with van der Waals surface area (Å²) < 4.78 is 12.9. The number of rotatable bonds is 6. The average Bonchev–Trinajstić information content (AvgIpc) is 2.69. The van der Waals surface area contributed by atoms with Gasteiger partial charge in [-0.1, -0.05) is 42.5 Å². The molecule has 0 heterocycles. The van der Waals surface area contributed by atoms with Crippen LogP contribution in [-0.2, 0) is 11.3 Å².